The van der Waals surface area contributed by atoms with Crippen LogP contribution in [0.25, 0.3) is 0 Å². The van der Waals surface area contributed by atoms with E-state index < -0.39 is 10.0 Å². The lowest BCUT2D eigenvalue weighted by molar-refractivity contribution is -0.120. The third-order valence-electron chi connectivity index (χ3n) is 5.76. The van der Waals surface area contributed by atoms with Gasteiger partial charge in [-0.3, -0.25) is 9.59 Å². The van der Waals surface area contributed by atoms with Crippen molar-refractivity contribution >= 4 is 33.2 Å². The van der Waals surface area contributed by atoms with E-state index in [2.05, 4.69) is 10.0 Å². The molecule has 2 aliphatic rings. The average Bonchev–Trinajstić information content (AvgIpc) is 3.55. The van der Waals surface area contributed by atoms with Gasteiger partial charge in [0.25, 0.3) is 0 Å². The van der Waals surface area contributed by atoms with Gasteiger partial charge >= 0.3 is 0 Å². The van der Waals surface area contributed by atoms with Crippen molar-refractivity contribution in [3.05, 3.63) is 48.0 Å². The lowest BCUT2D eigenvalue weighted by atomic mass is 10.1. The summed E-state index contributed by atoms with van der Waals surface area (Å²) in [5.74, 6) is 0.625. The molecule has 2 aromatic carbocycles. The molecule has 0 radical (unpaired) electrons. The number of nitrogens with zero attached hydrogens (tertiary/aromatic N) is 1. The van der Waals surface area contributed by atoms with Crippen LogP contribution in [0, 0.1) is 5.92 Å². The quantitative estimate of drug-likeness (QED) is 0.634. The van der Waals surface area contributed by atoms with Gasteiger partial charge in [0, 0.05) is 36.3 Å². The first-order valence-electron chi connectivity index (χ1n) is 10.7. The van der Waals surface area contributed by atoms with Crippen LogP contribution in [0.4, 0.5) is 11.4 Å². The largest absolute Gasteiger partial charge is 0.497 e. The van der Waals surface area contributed by atoms with E-state index in [9.17, 15) is 18.0 Å². The first-order valence-corrected chi connectivity index (χ1v) is 12.2. The summed E-state index contributed by atoms with van der Waals surface area (Å²) in [6, 6.07) is 11.8. The van der Waals surface area contributed by atoms with E-state index in [1.54, 1.807) is 48.4 Å². The molecule has 2 N–H and O–H groups in total. The molecule has 170 valence electrons. The van der Waals surface area contributed by atoms with Crippen LogP contribution in [0.3, 0.4) is 0 Å². The highest BCUT2D eigenvalue weighted by Gasteiger charge is 2.39. The molecule has 1 atom stereocenters. The van der Waals surface area contributed by atoms with Crippen LogP contribution >= 0.6 is 0 Å². The van der Waals surface area contributed by atoms with Crippen molar-refractivity contribution < 1.29 is 22.7 Å². The van der Waals surface area contributed by atoms with Crippen LogP contribution in [-0.4, -0.2) is 39.9 Å². The maximum Gasteiger partial charge on any atom is 0.240 e. The summed E-state index contributed by atoms with van der Waals surface area (Å²) in [5.41, 5.74) is 2.26. The normalized spacial score (nSPS) is 17.7. The van der Waals surface area contributed by atoms with Gasteiger partial charge in [0.05, 0.1) is 12.0 Å². The number of anilines is 2. The Hall–Kier alpha value is -2.91. The highest BCUT2D eigenvalue weighted by molar-refractivity contribution is 7.89. The van der Waals surface area contributed by atoms with Gasteiger partial charge in [0.15, 0.2) is 0 Å². The number of hydrogen-bond donors (Lipinski definition) is 2. The number of hydrogen-bond acceptors (Lipinski definition) is 5. The van der Waals surface area contributed by atoms with E-state index >= 15 is 0 Å². The number of amides is 2. The van der Waals surface area contributed by atoms with Crippen molar-refractivity contribution in [3.8, 4) is 5.75 Å². The Morgan fingerprint density at radius 2 is 1.84 bits per heavy atom. The average molecular weight is 458 g/mol. The molecule has 4 rings (SSSR count). The Labute approximate surface area is 188 Å². The minimum absolute atomic E-state index is 0.00307. The number of benzene rings is 2. The Morgan fingerprint density at radius 3 is 2.50 bits per heavy atom. The highest BCUT2D eigenvalue weighted by Crippen LogP contribution is 2.39. The second kappa shape index (κ2) is 8.91. The van der Waals surface area contributed by atoms with Gasteiger partial charge in [-0.15, -0.1) is 0 Å². The summed E-state index contributed by atoms with van der Waals surface area (Å²) >= 11 is 0. The lowest BCUT2D eigenvalue weighted by Crippen LogP contribution is -2.36. The van der Waals surface area contributed by atoms with Crippen molar-refractivity contribution in [2.24, 2.45) is 5.92 Å². The number of carbonyl (C=O) groups excluding carboxylic acids is 2. The van der Waals surface area contributed by atoms with Gasteiger partial charge in [-0.1, -0.05) is 0 Å². The lowest BCUT2D eigenvalue weighted by Gasteiger charge is -2.22. The van der Waals surface area contributed by atoms with E-state index in [-0.39, 0.29) is 41.6 Å². The number of fused-ring (bicyclic) bond motifs is 1. The minimum Gasteiger partial charge on any atom is -0.497 e. The maximum absolute atomic E-state index is 12.7. The summed E-state index contributed by atoms with van der Waals surface area (Å²) in [4.78, 5) is 26.7. The molecule has 32 heavy (non-hydrogen) atoms. The summed E-state index contributed by atoms with van der Waals surface area (Å²) < 4.78 is 33.0. The number of rotatable bonds is 8. The number of carbonyl (C=O) groups is 2. The Balaban J connectivity index is 1.35. The van der Waals surface area contributed by atoms with Crippen LogP contribution in [-0.2, 0) is 26.0 Å². The molecule has 9 heteroatoms. The van der Waals surface area contributed by atoms with E-state index in [0.717, 1.165) is 24.1 Å². The van der Waals surface area contributed by atoms with Gasteiger partial charge in [0.1, 0.15) is 5.75 Å². The van der Waals surface area contributed by atoms with Crippen molar-refractivity contribution in [3.63, 3.8) is 0 Å². The van der Waals surface area contributed by atoms with Crippen molar-refractivity contribution in [2.75, 3.05) is 23.9 Å². The molecule has 1 aliphatic carbocycles. The van der Waals surface area contributed by atoms with Crippen molar-refractivity contribution in [2.45, 2.75) is 43.5 Å². The Kier molecular flexibility index (Phi) is 6.21. The molecule has 2 aromatic rings. The molecular formula is C23H27N3O5S. The summed E-state index contributed by atoms with van der Waals surface area (Å²) in [6.45, 7) is 1.96. The SMILES string of the molecule is COc1ccc(NC(=O)CCNS(=O)(=O)c2ccc3c(c2)C[C@H](C)N3C(=O)C2CC2)cc1. The molecule has 8 nitrogen and oxygen atoms in total. The predicted molar refractivity (Wildman–Crippen MR) is 121 cm³/mol. The molecular weight excluding hydrogens is 430 g/mol. The van der Waals surface area contributed by atoms with Gasteiger partial charge in [-0.25, -0.2) is 13.1 Å². The summed E-state index contributed by atoms with van der Waals surface area (Å²) in [5, 5.41) is 2.72. The zero-order valence-corrected chi connectivity index (χ0v) is 18.9. The first-order chi connectivity index (χ1) is 15.3. The molecule has 0 unspecified atom stereocenters. The smallest absolute Gasteiger partial charge is 0.240 e. The molecule has 1 saturated carbocycles. The molecule has 1 aliphatic heterocycles. The predicted octanol–water partition coefficient (Wildman–Crippen LogP) is 2.69. The standard InChI is InChI=1S/C23H27N3O5S/c1-15-13-17-14-20(9-10-21(17)26(15)23(28)16-3-4-16)32(29,30)24-12-11-22(27)25-18-5-7-19(31-2)8-6-18/h5-10,14-16,24H,3-4,11-13H2,1-2H3,(H,25,27)/t15-/m0/s1. The van der Waals surface area contributed by atoms with Crippen LogP contribution in [0.2, 0.25) is 0 Å². The second-order valence-corrected chi connectivity index (χ2v) is 10.0. The Bertz CT molecular complexity index is 1130. The zero-order valence-electron chi connectivity index (χ0n) is 18.1. The highest BCUT2D eigenvalue weighted by atomic mass is 32.2. The van der Waals surface area contributed by atoms with Gasteiger partial charge in [-0.2, -0.15) is 0 Å². The van der Waals surface area contributed by atoms with Crippen LogP contribution < -0.4 is 19.7 Å². The monoisotopic (exact) mass is 457 g/mol. The van der Waals surface area contributed by atoms with Crippen LogP contribution in [0.1, 0.15) is 31.7 Å². The molecule has 0 bridgehead atoms. The fourth-order valence-electron chi connectivity index (χ4n) is 3.92. The molecule has 0 aromatic heterocycles. The van der Waals surface area contributed by atoms with Crippen LogP contribution in [0.15, 0.2) is 47.4 Å². The first kappa shape index (κ1) is 22.3. The fourth-order valence-corrected chi connectivity index (χ4v) is 5.00. The van der Waals surface area contributed by atoms with Crippen LogP contribution in [0.5, 0.6) is 5.75 Å². The summed E-state index contributed by atoms with van der Waals surface area (Å²) in [6.07, 6.45) is 2.48. The third-order valence-corrected chi connectivity index (χ3v) is 7.22. The molecule has 2 amide bonds. The number of methoxy groups -OCH3 is 1. The molecule has 1 heterocycles. The minimum atomic E-state index is -3.77. The van der Waals surface area contributed by atoms with Crippen molar-refractivity contribution in [1.29, 1.82) is 0 Å². The van der Waals surface area contributed by atoms with E-state index in [0.29, 0.717) is 17.9 Å². The third kappa shape index (κ3) is 4.78. The molecule has 1 fully saturated rings. The zero-order chi connectivity index (χ0) is 22.9. The van der Waals surface area contributed by atoms with Crippen molar-refractivity contribution in [1.82, 2.24) is 4.72 Å². The number of ether oxygens (including phenoxy) is 1. The van der Waals surface area contributed by atoms with Gasteiger partial charge in [-0.05, 0) is 74.2 Å². The van der Waals surface area contributed by atoms with E-state index in [4.69, 9.17) is 4.74 Å². The molecule has 0 spiro atoms. The van der Waals surface area contributed by atoms with E-state index in [1.807, 2.05) is 6.92 Å². The Morgan fingerprint density at radius 1 is 1.12 bits per heavy atom. The number of nitrogens with one attached hydrogen (secondary N) is 2. The topological polar surface area (TPSA) is 105 Å². The molecule has 0 saturated heterocycles. The maximum atomic E-state index is 12.7. The number of sulfonamides is 1. The fraction of sp³-hybridized carbons (Fsp3) is 0.391. The summed E-state index contributed by atoms with van der Waals surface area (Å²) in [7, 11) is -2.21. The second-order valence-electron chi connectivity index (χ2n) is 8.25. The van der Waals surface area contributed by atoms with Gasteiger partial charge < -0.3 is 15.0 Å². The van der Waals surface area contributed by atoms with Gasteiger partial charge in [0.2, 0.25) is 21.8 Å². The van der Waals surface area contributed by atoms with E-state index in [1.165, 1.54) is 6.07 Å².